The molecule has 3 heterocycles. The Morgan fingerprint density at radius 2 is 2.14 bits per heavy atom. The number of hydrogen-bond acceptors (Lipinski definition) is 8. The first kappa shape index (κ1) is 18.7. The van der Waals surface area contributed by atoms with Crippen LogP contribution in [-0.4, -0.2) is 41.4 Å². The number of carboxylic acid groups (broad SMARTS) is 1. The fraction of sp³-hybridized carbons (Fsp3) is 0.0588. The van der Waals surface area contributed by atoms with Gasteiger partial charge in [-0.2, -0.15) is 4.80 Å². The summed E-state index contributed by atoms with van der Waals surface area (Å²) >= 11 is 3.29. The van der Waals surface area contributed by atoms with Crippen LogP contribution in [0.4, 0.5) is 4.39 Å². The highest BCUT2D eigenvalue weighted by atomic mass is 79.9. The van der Waals surface area contributed by atoms with Gasteiger partial charge in [-0.3, -0.25) is 4.79 Å². The van der Waals surface area contributed by atoms with E-state index in [1.807, 2.05) is 0 Å². The van der Waals surface area contributed by atoms with Gasteiger partial charge in [-0.1, -0.05) is 5.16 Å². The number of pyridine rings is 1. The van der Waals surface area contributed by atoms with Crippen molar-refractivity contribution in [3.8, 4) is 34.5 Å². The Balaban J connectivity index is 1.50. The van der Waals surface area contributed by atoms with Crippen molar-refractivity contribution < 1.29 is 23.6 Å². The summed E-state index contributed by atoms with van der Waals surface area (Å²) in [7, 11) is 0. The lowest BCUT2D eigenvalue weighted by atomic mass is 10.2. The minimum Gasteiger partial charge on any atom is -0.480 e. The van der Waals surface area contributed by atoms with Crippen molar-refractivity contribution in [3.63, 3.8) is 0 Å². The SMILES string of the molecule is O=C(O)Cn1nnc(-c2cc(-c3ccc(Oc4cc(F)ccc4Br)nc3)no2)n1. The van der Waals surface area contributed by atoms with E-state index < -0.39 is 18.3 Å². The summed E-state index contributed by atoms with van der Waals surface area (Å²) in [5, 5.41) is 23.9. The molecule has 12 heteroatoms. The van der Waals surface area contributed by atoms with Crippen LogP contribution in [0.2, 0.25) is 0 Å². The summed E-state index contributed by atoms with van der Waals surface area (Å²) in [6.07, 6.45) is 1.51. The van der Waals surface area contributed by atoms with E-state index in [1.54, 1.807) is 18.2 Å². The molecular weight excluding hydrogens is 451 g/mol. The monoisotopic (exact) mass is 460 g/mol. The zero-order valence-corrected chi connectivity index (χ0v) is 15.9. The van der Waals surface area contributed by atoms with E-state index in [-0.39, 0.29) is 17.5 Å². The fourth-order valence-corrected chi connectivity index (χ4v) is 2.63. The number of carboxylic acids is 1. The second-order valence-corrected chi connectivity index (χ2v) is 6.53. The van der Waals surface area contributed by atoms with Crippen LogP contribution < -0.4 is 4.74 Å². The lowest BCUT2D eigenvalue weighted by molar-refractivity contribution is -0.138. The topological polar surface area (TPSA) is 129 Å². The third-order valence-corrected chi connectivity index (χ3v) is 4.26. The molecule has 0 amide bonds. The van der Waals surface area contributed by atoms with E-state index in [0.29, 0.717) is 21.5 Å². The zero-order valence-electron chi connectivity index (χ0n) is 14.4. The summed E-state index contributed by atoms with van der Waals surface area (Å²) in [4.78, 5) is 15.8. The van der Waals surface area contributed by atoms with Gasteiger partial charge in [0.25, 0.3) is 0 Å². The van der Waals surface area contributed by atoms with Gasteiger partial charge in [0.1, 0.15) is 17.3 Å². The molecule has 3 aromatic heterocycles. The summed E-state index contributed by atoms with van der Waals surface area (Å²) in [5.74, 6) is -0.629. The van der Waals surface area contributed by atoms with Gasteiger partial charge in [-0.15, -0.1) is 10.2 Å². The van der Waals surface area contributed by atoms with E-state index in [4.69, 9.17) is 14.4 Å². The molecule has 0 unspecified atom stereocenters. The maximum Gasteiger partial charge on any atom is 0.327 e. The van der Waals surface area contributed by atoms with Crippen molar-refractivity contribution in [1.29, 1.82) is 0 Å². The molecule has 0 saturated carbocycles. The lowest BCUT2D eigenvalue weighted by Crippen LogP contribution is -2.11. The second-order valence-electron chi connectivity index (χ2n) is 5.68. The predicted molar refractivity (Wildman–Crippen MR) is 98.4 cm³/mol. The van der Waals surface area contributed by atoms with Crippen LogP contribution >= 0.6 is 15.9 Å². The molecule has 4 aromatic rings. The Morgan fingerprint density at radius 1 is 1.28 bits per heavy atom. The van der Waals surface area contributed by atoms with Gasteiger partial charge in [-0.25, -0.2) is 9.37 Å². The summed E-state index contributed by atoms with van der Waals surface area (Å²) in [5.41, 5.74) is 1.09. The quantitative estimate of drug-likeness (QED) is 0.460. The molecule has 0 bridgehead atoms. The smallest absolute Gasteiger partial charge is 0.327 e. The van der Waals surface area contributed by atoms with Gasteiger partial charge in [0.15, 0.2) is 6.54 Å². The average molecular weight is 461 g/mol. The third-order valence-electron chi connectivity index (χ3n) is 3.60. The number of tetrazole rings is 1. The predicted octanol–water partition coefficient (Wildman–Crippen LogP) is 3.17. The summed E-state index contributed by atoms with van der Waals surface area (Å²) in [6, 6.07) is 8.96. The number of aromatic nitrogens is 6. The number of rotatable bonds is 6. The first-order valence-electron chi connectivity index (χ1n) is 8.04. The van der Waals surface area contributed by atoms with Gasteiger partial charge in [0, 0.05) is 30.0 Å². The Labute approximate surface area is 170 Å². The lowest BCUT2D eigenvalue weighted by Gasteiger charge is -2.07. The van der Waals surface area contributed by atoms with Gasteiger partial charge in [0.2, 0.25) is 17.5 Å². The van der Waals surface area contributed by atoms with E-state index >= 15 is 0 Å². The largest absolute Gasteiger partial charge is 0.480 e. The molecule has 29 heavy (non-hydrogen) atoms. The van der Waals surface area contributed by atoms with Crippen molar-refractivity contribution in [3.05, 3.63) is 52.9 Å². The maximum atomic E-state index is 13.4. The first-order chi connectivity index (χ1) is 14.0. The van der Waals surface area contributed by atoms with Gasteiger partial charge < -0.3 is 14.4 Å². The number of carbonyl (C=O) groups is 1. The van der Waals surface area contributed by atoms with Crippen LogP contribution in [-0.2, 0) is 11.3 Å². The molecule has 1 aromatic carbocycles. The van der Waals surface area contributed by atoms with Crippen molar-refractivity contribution in [2.45, 2.75) is 6.54 Å². The van der Waals surface area contributed by atoms with Crippen molar-refractivity contribution in [2.75, 3.05) is 0 Å². The Kier molecular flexibility index (Phi) is 4.99. The van der Waals surface area contributed by atoms with Gasteiger partial charge in [-0.05, 0) is 39.3 Å². The van der Waals surface area contributed by atoms with Crippen molar-refractivity contribution >= 4 is 21.9 Å². The standard InChI is InChI=1S/C17H10BrFN6O4/c18-11-3-2-10(19)5-13(11)28-15-4-1-9(7-20-15)12-6-14(29-23-12)17-21-24-25(22-17)8-16(26)27/h1-7H,8H2,(H,26,27). The van der Waals surface area contributed by atoms with Gasteiger partial charge >= 0.3 is 5.97 Å². The van der Waals surface area contributed by atoms with E-state index in [1.165, 1.54) is 24.4 Å². The van der Waals surface area contributed by atoms with Crippen molar-refractivity contribution in [1.82, 2.24) is 30.3 Å². The molecule has 146 valence electrons. The number of halogens is 2. The van der Waals surface area contributed by atoms with Crippen LogP contribution in [0.15, 0.2) is 51.6 Å². The molecule has 0 aliphatic heterocycles. The molecular formula is C17H10BrFN6O4. The van der Waals surface area contributed by atoms with E-state index in [2.05, 4.69) is 41.5 Å². The van der Waals surface area contributed by atoms with E-state index in [0.717, 1.165) is 4.80 Å². The van der Waals surface area contributed by atoms with Crippen LogP contribution in [0, 0.1) is 5.82 Å². The van der Waals surface area contributed by atoms with Crippen LogP contribution in [0.1, 0.15) is 0 Å². The highest BCUT2D eigenvalue weighted by molar-refractivity contribution is 9.10. The molecule has 0 atom stereocenters. The molecule has 0 aliphatic rings. The third kappa shape index (κ3) is 4.27. The summed E-state index contributed by atoms with van der Waals surface area (Å²) < 4.78 is 24.7. The fourth-order valence-electron chi connectivity index (χ4n) is 2.31. The minimum atomic E-state index is -1.09. The number of hydrogen-bond donors (Lipinski definition) is 1. The average Bonchev–Trinajstić information content (AvgIpc) is 3.34. The van der Waals surface area contributed by atoms with Crippen LogP contribution in [0.25, 0.3) is 22.8 Å². The van der Waals surface area contributed by atoms with E-state index in [9.17, 15) is 9.18 Å². The molecule has 0 spiro atoms. The second kappa shape index (κ2) is 7.75. The van der Waals surface area contributed by atoms with Crippen molar-refractivity contribution in [2.24, 2.45) is 0 Å². The molecule has 0 saturated heterocycles. The number of benzene rings is 1. The molecule has 0 radical (unpaired) electrons. The van der Waals surface area contributed by atoms with Gasteiger partial charge in [0.05, 0.1) is 4.47 Å². The number of ether oxygens (including phenoxy) is 1. The molecule has 10 nitrogen and oxygen atoms in total. The Hall–Kier alpha value is -3.67. The highest BCUT2D eigenvalue weighted by Crippen LogP contribution is 2.30. The first-order valence-corrected chi connectivity index (χ1v) is 8.83. The number of nitrogens with zero attached hydrogens (tertiary/aromatic N) is 6. The minimum absolute atomic E-state index is 0.105. The normalized spacial score (nSPS) is 10.8. The zero-order chi connectivity index (χ0) is 20.4. The molecule has 1 N–H and O–H groups in total. The maximum absolute atomic E-state index is 13.4. The summed E-state index contributed by atoms with van der Waals surface area (Å²) in [6.45, 7) is -0.416. The molecule has 0 aliphatic carbocycles. The highest BCUT2D eigenvalue weighted by Gasteiger charge is 2.15. The van der Waals surface area contributed by atoms with Crippen LogP contribution in [0.3, 0.4) is 0 Å². The number of aliphatic carboxylic acids is 1. The molecule has 4 rings (SSSR count). The van der Waals surface area contributed by atoms with Crippen LogP contribution in [0.5, 0.6) is 11.6 Å². The Morgan fingerprint density at radius 3 is 2.90 bits per heavy atom. The molecule has 0 fully saturated rings. The Bertz CT molecular complexity index is 1180.